The fourth-order valence-electron chi connectivity index (χ4n) is 24.7. The molecule has 6 aliphatic rings. The second kappa shape index (κ2) is 30.3. The van der Waals surface area contributed by atoms with Crippen molar-refractivity contribution in [1.82, 2.24) is 0 Å². The number of benzene rings is 12. The molecule has 0 amide bonds. The van der Waals surface area contributed by atoms with Crippen LogP contribution in [0.25, 0.3) is 122 Å². The van der Waals surface area contributed by atoms with Crippen molar-refractivity contribution in [2.24, 2.45) is 0 Å². The lowest BCUT2D eigenvalue weighted by molar-refractivity contribution is 0.414. The van der Waals surface area contributed by atoms with Gasteiger partial charge >= 0.3 is 0 Å². The SMILES string of the molecule is CCCCC1(CCCC)c2ccccc2-c2ccc(-c3ccc4c(c3)C(CC)(CC)c3cc(-c5ccc6c(c5)C(CCCC)(CCCC)c5cc(-c7ccc8c(c7)C(CC)(CC)c7cc(-c9ccc%10c(c9)C(CCCC)(CCCC)c9cc(-c%11ccc%12c(c%11)C(CC)(CC)c%11cc(C)ccc%11-%12)ccc9-%10)ccc7-8)ccc5-6)ccc3-4)cc21. The normalized spacial score (nSPS) is 15.9. The van der Waals surface area contributed by atoms with E-state index in [4.69, 9.17) is 0 Å². The van der Waals surface area contributed by atoms with Gasteiger partial charge in [0.15, 0.2) is 0 Å². The van der Waals surface area contributed by atoms with Crippen LogP contribution in [0.15, 0.2) is 224 Å². The first-order valence-electron chi connectivity index (χ1n) is 45.9. The van der Waals surface area contributed by atoms with Gasteiger partial charge in [0.1, 0.15) is 0 Å². The highest BCUT2D eigenvalue weighted by atomic mass is 14.5. The minimum atomic E-state index is -0.113. The van der Waals surface area contributed by atoms with Gasteiger partial charge in [0, 0.05) is 32.5 Å². The predicted molar refractivity (Wildman–Crippen MR) is 495 cm³/mol. The highest BCUT2D eigenvalue weighted by molar-refractivity contribution is 5.94. The number of hydrogen-bond donors (Lipinski definition) is 0. The van der Waals surface area contributed by atoms with Gasteiger partial charge in [-0.25, -0.2) is 0 Å². The summed E-state index contributed by atoms with van der Waals surface area (Å²) in [6.45, 7) is 31.2. The van der Waals surface area contributed by atoms with Crippen LogP contribution in [-0.4, -0.2) is 0 Å². The van der Waals surface area contributed by atoms with Gasteiger partial charge in [-0.05, 0) is 334 Å². The summed E-state index contributed by atoms with van der Waals surface area (Å²) in [6.07, 6.45) is 27.9. The van der Waals surface area contributed by atoms with Crippen LogP contribution in [0.2, 0.25) is 0 Å². The van der Waals surface area contributed by atoms with E-state index in [0.29, 0.717) is 0 Å². The van der Waals surface area contributed by atoms with Gasteiger partial charge in [0.2, 0.25) is 0 Å². The summed E-state index contributed by atoms with van der Waals surface area (Å²) in [4.78, 5) is 0. The van der Waals surface area contributed by atoms with Crippen LogP contribution in [0.5, 0.6) is 0 Å². The molecule has 0 heterocycles. The molecule has 0 nitrogen and oxygen atoms in total. The van der Waals surface area contributed by atoms with E-state index < -0.39 is 0 Å². The molecule has 0 spiro atoms. The number of aryl methyl sites for hydroxylation is 1. The quantitative estimate of drug-likeness (QED) is 0.0438. The van der Waals surface area contributed by atoms with Crippen LogP contribution >= 0.6 is 0 Å². The molecule has 584 valence electrons. The molecule has 0 bridgehead atoms. The maximum absolute atomic E-state index is 2.68. The topological polar surface area (TPSA) is 0 Å². The lowest BCUT2D eigenvalue weighted by Crippen LogP contribution is -2.25. The van der Waals surface area contributed by atoms with Crippen LogP contribution in [0.3, 0.4) is 0 Å². The Balaban J connectivity index is 0.661. The standard InChI is InChI=1S/C115H124/c1-14-26-58-113(59-27-15-2)98-35-33-32-34-86(98)88-48-37-81(70-105(88)113)77-39-50-90-91-51-40-78(67-102(91)111(22-9,23-10)101(90)66-77)84-45-56-96-97-57-46-85(74-109(97)115(62-30-18-5,63-31-19-6)108(96)73-84)80-42-53-93-92-52-41-79(68-103(92)112(24-11,25-12)104(93)69-80)83-44-55-95-94-54-43-82(71-106(94)114(60-28-16-3,61-29-17-4)107(95)72-83)76-38-49-89-87-47-36-75(13)64-99(87)110(20-7,21-8)100(89)65-76/h32-57,64-74H,14-31,58-63H2,1-13H3. The first kappa shape index (κ1) is 76.9. The molecule has 0 heteroatoms. The van der Waals surface area contributed by atoms with Gasteiger partial charge in [-0.1, -0.05) is 329 Å². The summed E-state index contributed by atoms with van der Waals surface area (Å²) < 4.78 is 0. The molecule has 0 N–H and O–H groups in total. The van der Waals surface area contributed by atoms with Crippen molar-refractivity contribution >= 4 is 0 Å². The van der Waals surface area contributed by atoms with Crippen molar-refractivity contribution < 1.29 is 0 Å². The molecular weight excluding hydrogens is 1380 g/mol. The number of fused-ring (bicyclic) bond motifs is 18. The lowest BCUT2D eigenvalue weighted by atomic mass is 9.70. The molecule has 0 aliphatic heterocycles. The zero-order valence-electron chi connectivity index (χ0n) is 71.8. The van der Waals surface area contributed by atoms with Crippen LogP contribution < -0.4 is 0 Å². The van der Waals surface area contributed by atoms with Crippen molar-refractivity contribution in [3.8, 4) is 122 Å². The molecule has 0 saturated heterocycles. The van der Waals surface area contributed by atoms with Crippen LogP contribution in [0.1, 0.15) is 310 Å². The van der Waals surface area contributed by atoms with Crippen molar-refractivity contribution in [3.05, 3.63) is 297 Å². The summed E-state index contributed by atoms with van der Waals surface area (Å²) in [5.41, 5.74) is 50.1. The van der Waals surface area contributed by atoms with Crippen LogP contribution in [0.4, 0.5) is 0 Å². The van der Waals surface area contributed by atoms with Crippen LogP contribution in [0, 0.1) is 6.92 Å². The predicted octanol–water partition coefficient (Wildman–Crippen LogP) is 33.5. The van der Waals surface area contributed by atoms with E-state index in [2.05, 4.69) is 314 Å². The summed E-state index contributed by atoms with van der Waals surface area (Å²) in [6, 6.07) is 92.6. The van der Waals surface area contributed by atoms with Crippen LogP contribution in [-0.2, 0) is 32.5 Å². The van der Waals surface area contributed by atoms with E-state index in [1.807, 2.05) is 0 Å². The molecule has 0 unspecified atom stereocenters. The Kier molecular flexibility index (Phi) is 20.3. The second-order valence-corrected chi connectivity index (χ2v) is 36.4. The van der Waals surface area contributed by atoms with E-state index in [1.165, 1.54) is 251 Å². The zero-order chi connectivity index (χ0) is 79.3. The van der Waals surface area contributed by atoms with Gasteiger partial charge < -0.3 is 0 Å². The Labute approximate surface area is 691 Å². The molecule has 18 rings (SSSR count). The Morgan fingerprint density at radius 3 is 0.530 bits per heavy atom. The first-order valence-corrected chi connectivity index (χ1v) is 45.9. The molecule has 12 aromatic rings. The molecule has 6 aliphatic carbocycles. The van der Waals surface area contributed by atoms with E-state index in [0.717, 1.165) is 64.2 Å². The highest BCUT2D eigenvalue weighted by Crippen LogP contribution is 2.63. The Hall–Kier alpha value is -9.36. The number of unbranched alkanes of at least 4 members (excludes halogenated alkanes) is 6. The third-order valence-electron chi connectivity index (χ3n) is 31.3. The van der Waals surface area contributed by atoms with E-state index in [1.54, 1.807) is 33.4 Å². The van der Waals surface area contributed by atoms with Crippen molar-refractivity contribution in [2.45, 2.75) is 277 Å². The first-order chi connectivity index (χ1) is 56.2. The Morgan fingerprint density at radius 2 is 0.330 bits per heavy atom. The molecule has 0 atom stereocenters. The third kappa shape index (κ3) is 11.6. The summed E-state index contributed by atoms with van der Waals surface area (Å²) in [7, 11) is 0. The average Bonchev–Trinajstić information content (AvgIpc) is 1.59. The number of rotatable bonds is 29. The molecule has 0 saturated carbocycles. The fraction of sp³-hybridized carbons (Fsp3) is 0.374. The van der Waals surface area contributed by atoms with Gasteiger partial charge in [0.25, 0.3) is 0 Å². The van der Waals surface area contributed by atoms with Gasteiger partial charge in [-0.15, -0.1) is 0 Å². The molecule has 115 heavy (non-hydrogen) atoms. The molecule has 0 radical (unpaired) electrons. The lowest BCUT2D eigenvalue weighted by Gasteiger charge is -2.33. The molecule has 12 aromatic carbocycles. The van der Waals surface area contributed by atoms with Crippen molar-refractivity contribution in [1.29, 1.82) is 0 Å². The fourth-order valence-corrected chi connectivity index (χ4v) is 24.7. The van der Waals surface area contributed by atoms with Crippen molar-refractivity contribution in [2.75, 3.05) is 0 Å². The smallest absolute Gasteiger partial charge is 0.0215 e. The number of hydrogen-bond acceptors (Lipinski definition) is 0. The maximum Gasteiger partial charge on any atom is 0.0215 e. The van der Waals surface area contributed by atoms with E-state index >= 15 is 0 Å². The highest BCUT2D eigenvalue weighted by Gasteiger charge is 2.49. The minimum Gasteiger partial charge on any atom is -0.0654 e. The van der Waals surface area contributed by atoms with Gasteiger partial charge in [-0.3, -0.25) is 0 Å². The minimum absolute atomic E-state index is 0.0296. The average molecular weight is 1510 g/mol. The summed E-state index contributed by atoms with van der Waals surface area (Å²) >= 11 is 0. The Morgan fingerprint density at radius 1 is 0.165 bits per heavy atom. The summed E-state index contributed by atoms with van der Waals surface area (Å²) in [5, 5.41) is 0. The third-order valence-corrected chi connectivity index (χ3v) is 31.3. The second-order valence-electron chi connectivity index (χ2n) is 36.4. The Bertz CT molecular complexity index is 5730. The van der Waals surface area contributed by atoms with E-state index in [-0.39, 0.29) is 32.5 Å². The molecular formula is C115H124. The van der Waals surface area contributed by atoms with E-state index in [9.17, 15) is 0 Å². The largest absolute Gasteiger partial charge is 0.0654 e. The van der Waals surface area contributed by atoms with Gasteiger partial charge in [-0.2, -0.15) is 0 Å². The maximum atomic E-state index is 2.68. The molecule has 0 fully saturated rings. The summed E-state index contributed by atoms with van der Waals surface area (Å²) in [5.74, 6) is 0. The van der Waals surface area contributed by atoms with Gasteiger partial charge in [0.05, 0.1) is 0 Å². The monoisotopic (exact) mass is 1500 g/mol. The molecule has 0 aromatic heterocycles. The van der Waals surface area contributed by atoms with Crippen molar-refractivity contribution in [3.63, 3.8) is 0 Å². The zero-order valence-corrected chi connectivity index (χ0v) is 71.8.